The van der Waals surface area contributed by atoms with Crippen molar-refractivity contribution >= 4 is 34.1 Å². The molecule has 186 valence electrons. The molecule has 2 aromatic carbocycles. The predicted molar refractivity (Wildman–Crippen MR) is 135 cm³/mol. The smallest absolute Gasteiger partial charge is 0.338 e. The molecule has 0 bridgehead atoms. The molecule has 1 atom stereocenters. The first kappa shape index (κ1) is 25.5. The van der Waals surface area contributed by atoms with Gasteiger partial charge in [-0.3, -0.25) is 14.6 Å². The van der Waals surface area contributed by atoms with E-state index in [1.807, 2.05) is 6.07 Å². The average molecular weight is 553 g/mol. The fourth-order valence-corrected chi connectivity index (χ4v) is 4.33. The number of morpholine rings is 1. The molecule has 1 aliphatic heterocycles. The van der Waals surface area contributed by atoms with Gasteiger partial charge in [0.1, 0.15) is 12.4 Å². The van der Waals surface area contributed by atoms with Gasteiger partial charge >= 0.3 is 5.97 Å². The SMILES string of the molecule is O=Cc1c(Br)cccc1OC[C@@H]1COCCN1C(=O)c1cccnc1CCOC(=O)c1ccccc1. The van der Waals surface area contributed by atoms with Crippen molar-refractivity contribution in [1.82, 2.24) is 9.88 Å². The number of ether oxygens (including phenoxy) is 3. The van der Waals surface area contributed by atoms with Gasteiger partial charge in [0.2, 0.25) is 0 Å². The Morgan fingerprint density at radius 2 is 1.94 bits per heavy atom. The third kappa shape index (κ3) is 6.16. The number of benzene rings is 2. The van der Waals surface area contributed by atoms with E-state index >= 15 is 0 Å². The predicted octanol–water partition coefficient (Wildman–Crippen LogP) is 3.98. The highest BCUT2D eigenvalue weighted by Crippen LogP contribution is 2.26. The van der Waals surface area contributed by atoms with E-state index in [9.17, 15) is 14.4 Å². The second-order valence-electron chi connectivity index (χ2n) is 8.06. The summed E-state index contributed by atoms with van der Waals surface area (Å²) in [6, 6.07) is 17.1. The first-order valence-electron chi connectivity index (χ1n) is 11.5. The van der Waals surface area contributed by atoms with Crippen LogP contribution in [0, 0.1) is 0 Å². The number of aldehydes is 1. The zero-order chi connectivity index (χ0) is 25.3. The van der Waals surface area contributed by atoms with Crippen molar-refractivity contribution in [3.8, 4) is 5.75 Å². The molecule has 1 fully saturated rings. The third-order valence-electron chi connectivity index (χ3n) is 5.75. The van der Waals surface area contributed by atoms with Crippen LogP contribution in [-0.2, 0) is 15.9 Å². The molecule has 0 unspecified atom stereocenters. The first-order chi connectivity index (χ1) is 17.6. The summed E-state index contributed by atoms with van der Waals surface area (Å²) >= 11 is 3.35. The fraction of sp³-hybridized carbons (Fsp3) is 0.259. The Bertz CT molecular complexity index is 1220. The molecule has 9 heteroatoms. The molecule has 0 saturated carbocycles. The Morgan fingerprint density at radius 1 is 1.11 bits per heavy atom. The second-order valence-corrected chi connectivity index (χ2v) is 8.91. The van der Waals surface area contributed by atoms with Crippen LogP contribution in [0.3, 0.4) is 0 Å². The van der Waals surface area contributed by atoms with E-state index in [1.54, 1.807) is 65.7 Å². The number of nitrogens with zero attached hydrogens (tertiary/aromatic N) is 2. The summed E-state index contributed by atoms with van der Waals surface area (Å²) in [5, 5.41) is 0. The Labute approximate surface area is 217 Å². The maximum absolute atomic E-state index is 13.5. The van der Waals surface area contributed by atoms with Gasteiger partial charge in [-0.2, -0.15) is 0 Å². The quantitative estimate of drug-likeness (QED) is 0.292. The lowest BCUT2D eigenvalue weighted by atomic mass is 10.1. The van der Waals surface area contributed by atoms with Crippen molar-refractivity contribution in [3.63, 3.8) is 0 Å². The minimum Gasteiger partial charge on any atom is -0.491 e. The van der Waals surface area contributed by atoms with Gasteiger partial charge < -0.3 is 19.1 Å². The zero-order valence-electron chi connectivity index (χ0n) is 19.5. The zero-order valence-corrected chi connectivity index (χ0v) is 21.1. The summed E-state index contributed by atoms with van der Waals surface area (Å²) in [5.74, 6) is -0.194. The van der Waals surface area contributed by atoms with Crippen molar-refractivity contribution < 1.29 is 28.6 Å². The number of carbonyl (C=O) groups is 3. The molecular weight excluding hydrogens is 528 g/mol. The molecule has 1 saturated heterocycles. The number of hydrogen-bond donors (Lipinski definition) is 0. The molecule has 0 N–H and O–H groups in total. The number of hydrogen-bond acceptors (Lipinski definition) is 7. The number of rotatable bonds is 9. The summed E-state index contributed by atoms with van der Waals surface area (Å²) in [6.07, 6.45) is 2.64. The minimum absolute atomic E-state index is 0.0953. The number of halogens is 1. The lowest BCUT2D eigenvalue weighted by molar-refractivity contribution is -0.0152. The highest BCUT2D eigenvalue weighted by Gasteiger charge is 2.30. The molecule has 2 heterocycles. The number of aromatic nitrogens is 1. The normalized spacial score (nSPS) is 15.2. The standard InChI is InChI=1S/C27H25BrN2O6/c28-23-9-4-10-25(22(23)16-31)36-18-20-17-34-15-13-30(20)26(32)21-8-5-12-29-24(21)11-14-35-27(33)19-6-2-1-3-7-19/h1-10,12,16,20H,11,13-15,17-18H2/t20-/m0/s1. The Kier molecular flexibility index (Phi) is 8.80. The molecule has 8 nitrogen and oxygen atoms in total. The van der Waals surface area contributed by atoms with Crippen molar-refractivity contribution in [1.29, 1.82) is 0 Å². The summed E-state index contributed by atoms with van der Waals surface area (Å²) < 4.78 is 17.5. The molecule has 0 spiro atoms. The summed E-state index contributed by atoms with van der Waals surface area (Å²) in [7, 11) is 0. The third-order valence-corrected chi connectivity index (χ3v) is 6.44. The molecule has 0 radical (unpaired) electrons. The van der Waals surface area contributed by atoms with Gasteiger partial charge in [-0.05, 0) is 52.3 Å². The van der Waals surface area contributed by atoms with Crippen LogP contribution in [0.25, 0.3) is 0 Å². The highest BCUT2D eigenvalue weighted by molar-refractivity contribution is 9.10. The van der Waals surface area contributed by atoms with E-state index in [4.69, 9.17) is 14.2 Å². The maximum Gasteiger partial charge on any atom is 0.338 e. The Morgan fingerprint density at radius 3 is 2.75 bits per heavy atom. The van der Waals surface area contributed by atoms with E-state index in [0.717, 1.165) is 6.29 Å². The molecule has 1 aromatic heterocycles. The van der Waals surface area contributed by atoms with Crippen LogP contribution in [0.5, 0.6) is 5.75 Å². The van der Waals surface area contributed by atoms with E-state index in [2.05, 4.69) is 20.9 Å². The molecule has 36 heavy (non-hydrogen) atoms. The minimum atomic E-state index is -0.424. The first-order valence-corrected chi connectivity index (χ1v) is 12.3. The second kappa shape index (κ2) is 12.4. The highest BCUT2D eigenvalue weighted by atomic mass is 79.9. The van der Waals surface area contributed by atoms with Crippen LogP contribution in [0.2, 0.25) is 0 Å². The molecule has 1 aliphatic rings. The van der Waals surface area contributed by atoms with Crippen LogP contribution in [0.1, 0.15) is 36.8 Å². The molecule has 1 amide bonds. The largest absolute Gasteiger partial charge is 0.491 e. The number of carbonyl (C=O) groups excluding carboxylic acids is 3. The van der Waals surface area contributed by atoms with E-state index in [1.165, 1.54) is 0 Å². The lowest BCUT2D eigenvalue weighted by Gasteiger charge is -2.35. The van der Waals surface area contributed by atoms with Crippen LogP contribution in [-0.4, -0.2) is 67.1 Å². The van der Waals surface area contributed by atoms with E-state index in [-0.39, 0.29) is 25.2 Å². The van der Waals surface area contributed by atoms with Gasteiger partial charge in [0.05, 0.1) is 48.2 Å². The maximum atomic E-state index is 13.5. The van der Waals surface area contributed by atoms with E-state index in [0.29, 0.717) is 58.8 Å². The number of esters is 1. The van der Waals surface area contributed by atoms with Gasteiger partial charge in [-0.15, -0.1) is 0 Å². The molecule has 3 aromatic rings. The van der Waals surface area contributed by atoms with Gasteiger partial charge in [0, 0.05) is 23.6 Å². The van der Waals surface area contributed by atoms with Gasteiger partial charge in [0.25, 0.3) is 5.91 Å². The fourth-order valence-electron chi connectivity index (χ4n) is 3.89. The number of amides is 1. The monoisotopic (exact) mass is 552 g/mol. The summed E-state index contributed by atoms with van der Waals surface area (Å²) in [4.78, 5) is 43.3. The van der Waals surface area contributed by atoms with E-state index < -0.39 is 5.97 Å². The van der Waals surface area contributed by atoms with Crippen LogP contribution < -0.4 is 4.74 Å². The van der Waals surface area contributed by atoms with Crippen molar-refractivity contribution in [3.05, 3.63) is 93.7 Å². The molecule has 4 rings (SSSR count). The van der Waals surface area contributed by atoms with Gasteiger partial charge in [0.15, 0.2) is 6.29 Å². The summed E-state index contributed by atoms with van der Waals surface area (Å²) in [5.41, 5.74) is 1.86. The van der Waals surface area contributed by atoms with Gasteiger partial charge in [-0.25, -0.2) is 4.79 Å². The van der Waals surface area contributed by atoms with Crippen LogP contribution in [0.15, 0.2) is 71.3 Å². The topological polar surface area (TPSA) is 95.0 Å². The lowest BCUT2D eigenvalue weighted by Crippen LogP contribution is -2.51. The van der Waals surface area contributed by atoms with Crippen LogP contribution in [0.4, 0.5) is 0 Å². The Balaban J connectivity index is 1.42. The van der Waals surface area contributed by atoms with Crippen molar-refractivity contribution in [2.45, 2.75) is 12.5 Å². The summed E-state index contributed by atoms with van der Waals surface area (Å²) in [6.45, 7) is 1.36. The van der Waals surface area contributed by atoms with Crippen LogP contribution >= 0.6 is 15.9 Å². The average Bonchev–Trinajstić information content (AvgIpc) is 2.92. The molecular formula is C27H25BrN2O6. The van der Waals surface area contributed by atoms with Gasteiger partial charge in [-0.1, -0.05) is 24.3 Å². The number of pyridine rings is 1. The van der Waals surface area contributed by atoms with Crippen molar-refractivity contribution in [2.75, 3.05) is 33.0 Å². The van der Waals surface area contributed by atoms with Crippen molar-refractivity contribution in [2.24, 2.45) is 0 Å². The molecule has 0 aliphatic carbocycles. The Hall–Kier alpha value is -3.56.